The Morgan fingerprint density at radius 3 is 1.95 bits per heavy atom. The average molecular weight is 564 g/mol. The predicted octanol–water partition coefficient (Wildman–Crippen LogP) is 7.48. The Bertz CT molecular complexity index is 894. The number of rotatable bonds is 12. The molecule has 224 valence electrons. The van der Waals surface area contributed by atoms with E-state index in [9.17, 15) is 14.4 Å². The Morgan fingerprint density at radius 1 is 0.949 bits per heavy atom. The van der Waals surface area contributed by atoms with Gasteiger partial charge in [0.1, 0.15) is 11.8 Å². The van der Waals surface area contributed by atoms with Crippen molar-refractivity contribution in [1.29, 1.82) is 0 Å². The first-order valence-corrected chi connectivity index (χ1v) is 16.3. The van der Waals surface area contributed by atoms with Crippen LogP contribution in [0.4, 0.5) is 0 Å². The van der Waals surface area contributed by atoms with Crippen molar-refractivity contribution in [3.05, 3.63) is 11.8 Å². The van der Waals surface area contributed by atoms with Crippen LogP contribution in [0.5, 0.6) is 0 Å². The van der Waals surface area contributed by atoms with Crippen LogP contribution in [0.2, 0.25) is 0 Å². The van der Waals surface area contributed by atoms with Crippen LogP contribution in [0.3, 0.4) is 0 Å². The fraction of sp³-hybridized carbons (Fsp3) is 0.848. The van der Waals surface area contributed by atoms with Crippen molar-refractivity contribution in [2.45, 2.75) is 120 Å². The first kappa shape index (κ1) is 33.9. The summed E-state index contributed by atoms with van der Waals surface area (Å²) in [4.78, 5) is 39.6. The predicted molar refractivity (Wildman–Crippen MR) is 164 cm³/mol. The van der Waals surface area contributed by atoms with Crippen LogP contribution in [0.15, 0.2) is 11.8 Å². The summed E-state index contributed by atoms with van der Waals surface area (Å²) in [5.41, 5.74) is 0.659. The SMILES string of the molecule is CCOC(=O)C(CSC(C)CC(=O)C1C(C)CC(C)CC1(C)C)N/C(C)=C/C(=O)C1C(C)CC(C)CC1(C)C. The van der Waals surface area contributed by atoms with E-state index in [0.717, 1.165) is 25.7 Å². The van der Waals surface area contributed by atoms with Crippen molar-refractivity contribution in [1.82, 2.24) is 5.32 Å². The first-order valence-electron chi connectivity index (χ1n) is 15.3. The van der Waals surface area contributed by atoms with Crippen LogP contribution in [0.25, 0.3) is 0 Å². The fourth-order valence-electron chi connectivity index (χ4n) is 8.48. The highest BCUT2D eigenvalue weighted by atomic mass is 32.2. The highest BCUT2D eigenvalue weighted by Crippen LogP contribution is 2.48. The largest absolute Gasteiger partial charge is 0.464 e. The van der Waals surface area contributed by atoms with E-state index in [1.54, 1.807) is 24.8 Å². The van der Waals surface area contributed by atoms with Gasteiger partial charge in [0.15, 0.2) is 5.78 Å². The molecule has 2 aliphatic carbocycles. The molecule has 1 N–H and O–H groups in total. The second-order valence-corrected chi connectivity index (χ2v) is 15.9. The number of ketones is 2. The van der Waals surface area contributed by atoms with Crippen molar-refractivity contribution in [3.8, 4) is 0 Å². The molecule has 39 heavy (non-hydrogen) atoms. The van der Waals surface area contributed by atoms with Gasteiger partial charge in [-0.3, -0.25) is 9.59 Å². The smallest absolute Gasteiger partial charge is 0.329 e. The molecule has 8 atom stereocenters. The molecule has 0 aromatic heterocycles. The van der Waals surface area contributed by atoms with Crippen LogP contribution < -0.4 is 5.32 Å². The zero-order valence-corrected chi connectivity index (χ0v) is 27.5. The van der Waals surface area contributed by atoms with Gasteiger partial charge in [-0.1, -0.05) is 62.3 Å². The minimum absolute atomic E-state index is 0.0183. The molecule has 0 heterocycles. The van der Waals surface area contributed by atoms with Crippen molar-refractivity contribution in [2.24, 2.45) is 46.3 Å². The molecule has 2 saturated carbocycles. The molecule has 0 amide bonds. The molecule has 0 aromatic rings. The zero-order chi connectivity index (χ0) is 29.7. The van der Waals surface area contributed by atoms with Crippen molar-refractivity contribution in [3.63, 3.8) is 0 Å². The molecule has 8 unspecified atom stereocenters. The number of hydrogen-bond acceptors (Lipinski definition) is 6. The van der Waals surface area contributed by atoms with Gasteiger partial charge in [-0.25, -0.2) is 4.79 Å². The lowest BCUT2D eigenvalue weighted by Crippen LogP contribution is -2.43. The molecule has 0 saturated heterocycles. The fourth-order valence-corrected chi connectivity index (χ4v) is 9.50. The highest BCUT2D eigenvalue weighted by molar-refractivity contribution is 7.99. The van der Waals surface area contributed by atoms with Crippen LogP contribution in [-0.2, 0) is 19.1 Å². The Morgan fingerprint density at radius 2 is 1.46 bits per heavy atom. The second-order valence-electron chi connectivity index (χ2n) is 14.5. The number of Topliss-reactive ketones (excluding diaryl/α,β-unsaturated/α-hetero) is 1. The molecule has 0 aromatic carbocycles. The maximum Gasteiger partial charge on any atom is 0.329 e. The number of hydrogen-bond donors (Lipinski definition) is 1. The van der Waals surface area contributed by atoms with E-state index in [1.165, 1.54) is 0 Å². The van der Waals surface area contributed by atoms with E-state index >= 15 is 0 Å². The number of esters is 1. The number of carbonyl (C=O) groups excluding carboxylic acids is 3. The lowest BCUT2D eigenvalue weighted by molar-refractivity contribution is -0.144. The van der Waals surface area contributed by atoms with Gasteiger partial charge >= 0.3 is 5.97 Å². The van der Waals surface area contributed by atoms with E-state index in [2.05, 4.69) is 67.6 Å². The van der Waals surface area contributed by atoms with E-state index in [-0.39, 0.29) is 39.7 Å². The molecule has 2 fully saturated rings. The molecule has 5 nitrogen and oxygen atoms in total. The molecular weight excluding hydrogens is 506 g/mol. The summed E-state index contributed by atoms with van der Waals surface area (Å²) in [5, 5.41) is 3.37. The Kier molecular flexibility index (Phi) is 12.2. The van der Waals surface area contributed by atoms with Crippen LogP contribution in [0, 0.1) is 46.3 Å². The molecule has 2 aliphatic rings. The second kappa shape index (κ2) is 14.0. The summed E-state index contributed by atoms with van der Waals surface area (Å²) < 4.78 is 5.35. The van der Waals surface area contributed by atoms with Gasteiger partial charge in [0.25, 0.3) is 0 Å². The molecule has 0 bridgehead atoms. The summed E-state index contributed by atoms with van der Waals surface area (Å²) in [5.74, 6) is 2.71. The lowest BCUT2D eigenvalue weighted by Gasteiger charge is -2.45. The first-order chi connectivity index (χ1) is 18.0. The van der Waals surface area contributed by atoms with Gasteiger partial charge in [-0.05, 0) is 74.0 Å². The van der Waals surface area contributed by atoms with Crippen LogP contribution in [0.1, 0.15) is 108 Å². The summed E-state index contributed by atoms with van der Waals surface area (Å²) in [7, 11) is 0. The minimum Gasteiger partial charge on any atom is -0.464 e. The average Bonchev–Trinajstić information content (AvgIpc) is 2.73. The van der Waals surface area contributed by atoms with Gasteiger partial charge < -0.3 is 10.1 Å². The monoisotopic (exact) mass is 563 g/mol. The van der Waals surface area contributed by atoms with E-state index in [0.29, 0.717) is 53.9 Å². The molecule has 2 rings (SSSR count). The third kappa shape index (κ3) is 9.36. The Balaban J connectivity index is 2.04. The highest BCUT2D eigenvalue weighted by Gasteiger charge is 2.44. The Labute approximate surface area is 243 Å². The van der Waals surface area contributed by atoms with Gasteiger partial charge in [0.05, 0.1) is 6.61 Å². The molecule has 0 radical (unpaired) electrons. The summed E-state index contributed by atoms with van der Waals surface area (Å²) >= 11 is 1.63. The van der Waals surface area contributed by atoms with Gasteiger partial charge in [0.2, 0.25) is 0 Å². The summed E-state index contributed by atoms with van der Waals surface area (Å²) in [6.45, 7) is 23.9. The van der Waals surface area contributed by atoms with Gasteiger partial charge in [-0.15, -0.1) is 0 Å². The third-order valence-electron chi connectivity index (χ3n) is 9.14. The van der Waals surface area contributed by atoms with Crippen molar-refractivity contribution >= 4 is 29.3 Å². The number of ether oxygens (including phenoxy) is 1. The Hall–Kier alpha value is -1.30. The number of allylic oxidation sites excluding steroid dienone is 2. The normalized spacial score (nSPS) is 32.1. The maximum atomic E-state index is 13.4. The van der Waals surface area contributed by atoms with Gasteiger partial charge in [-0.2, -0.15) is 11.8 Å². The number of nitrogens with one attached hydrogen (secondary N) is 1. The molecular formula is C33H57NO4S. The molecule has 6 heteroatoms. The van der Waals surface area contributed by atoms with E-state index in [4.69, 9.17) is 4.74 Å². The third-order valence-corrected chi connectivity index (χ3v) is 10.4. The van der Waals surface area contributed by atoms with E-state index < -0.39 is 6.04 Å². The zero-order valence-electron chi connectivity index (χ0n) is 26.7. The van der Waals surface area contributed by atoms with Gasteiger partial charge in [0, 0.05) is 41.0 Å². The van der Waals surface area contributed by atoms with Crippen LogP contribution >= 0.6 is 11.8 Å². The standard InChI is InChI=1S/C33H57NO4S/c1-12-38-31(37)26(34-24(6)15-27(35)29-22(4)13-20(2)17-32(29,8)9)19-39-25(7)16-28(36)30-23(5)14-21(3)18-33(30,10)11/h15,20-23,25-26,29-30,34H,12-14,16-19H2,1-11H3/b24-15+. The van der Waals surface area contributed by atoms with E-state index in [1.807, 2.05) is 6.92 Å². The van der Waals surface area contributed by atoms with Crippen LogP contribution in [-0.4, -0.2) is 41.2 Å². The quantitative estimate of drug-likeness (QED) is 0.196. The lowest BCUT2D eigenvalue weighted by atomic mass is 9.59. The number of carbonyl (C=O) groups is 3. The minimum atomic E-state index is -0.570. The summed E-state index contributed by atoms with van der Waals surface area (Å²) in [6.07, 6.45) is 6.50. The van der Waals surface area contributed by atoms with Crippen molar-refractivity contribution in [2.75, 3.05) is 12.4 Å². The topological polar surface area (TPSA) is 72.5 Å². The maximum absolute atomic E-state index is 13.4. The molecule has 0 aliphatic heterocycles. The van der Waals surface area contributed by atoms with Crippen molar-refractivity contribution < 1.29 is 19.1 Å². The number of thioether (sulfide) groups is 1. The molecule has 0 spiro atoms. The summed E-state index contributed by atoms with van der Waals surface area (Å²) in [6, 6.07) is -0.570.